The number of nitrogens with zero attached hydrogens (tertiary/aromatic N) is 6. The van der Waals surface area contributed by atoms with Gasteiger partial charge in [0, 0.05) is 55.2 Å². The van der Waals surface area contributed by atoms with E-state index >= 15 is 0 Å². The molecule has 4 heterocycles. The summed E-state index contributed by atoms with van der Waals surface area (Å²) in [4.78, 5) is 21.3. The van der Waals surface area contributed by atoms with Gasteiger partial charge >= 0.3 is 0 Å². The van der Waals surface area contributed by atoms with Crippen molar-refractivity contribution in [3.05, 3.63) is 400 Å². The average Bonchev–Trinajstić information content (AvgIpc) is 0.886. The Labute approximate surface area is 635 Å². The zero-order valence-corrected chi connectivity index (χ0v) is 59.8. The van der Waals surface area contributed by atoms with Crippen LogP contribution in [-0.2, 0) is 0 Å². The van der Waals surface area contributed by atoms with Crippen molar-refractivity contribution in [2.24, 2.45) is 0 Å². The summed E-state index contributed by atoms with van der Waals surface area (Å²) in [7, 11) is 0. The molecule has 0 amide bonds. The second-order valence-corrected chi connectivity index (χ2v) is 28.4. The van der Waals surface area contributed by atoms with Gasteiger partial charge in [0.05, 0.1) is 44.5 Å². The van der Waals surface area contributed by atoms with Crippen LogP contribution in [0.1, 0.15) is 0 Å². The standard InChI is InChI=1S/2C52H33N3/c1-3-15-36(16-4-1)52-54-49-31-40(27-28-50(49)55(52)42-19-5-2-6-20-42)45-32-47-46(39-25-23-34-13-7-9-17-37(34)29-39)33-48(53-51(47)44-22-12-11-21-43(44)45)41-26-24-35-14-8-10-18-38(35)30-41;1-2-14-37(15-3-1)52-54-48-20-10-11-21-50(48)55(52)42-28-26-36(27-29-42)45-32-47-46(40-24-22-34-12-4-6-16-38(34)30-40)33-49(53-51(47)44-19-9-8-18-43(44)45)41-25-23-35-13-5-7-17-39(35)31-41/h2*1-33H. The molecule has 0 saturated heterocycles. The highest BCUT2D eigenvalue weighted by atomic mass is 15.1. The summed E-state index contributed by atoms with van der Waals surface area (Å²) < 4.78 is 4.53. The Morgan fingerprint density at radius 2 is 0.500 bits per heavy atom. The van der Waals surface area contributed by atoms with E-state index in [0.717, 1.165) is 139 Å². The lowest BCUT2D eigenvalue weighted by atomic mass is 9.90. The van der Waals surface area contributed by atoms with Crippen molar-refractivity contribution in [2.45, 2.75) is 0 Å². The third-order valence-electron chi connectivity index (χ3n) is 21.9. The maximum absolute atomic E-state index is 5.48. The molecule has 512 valence electrons. The zero-order valence-electron chi connectivity index (χ0n) is 59.8. The van der Waals surface area contributed by atoms with Crippen LogP contribution in [0.3, 0.4) is 0 Å². The number of rotatable bonds is 10. The highest BCUT2D eigenvalue weighted by molar-refractivity contribution is 6.19. The molecule has 22 rings (SSSR count). The summed E-state index contributed by atoms with van der Waals surface area (Å²) in [6, 6.07) is 143. The maximum atomic E-state index is 5.48. The van der Waals surface area contributed by atoms with Crippen LogP contribution >= 0.6 is 0 Å². The summed E-state index contributed by atoms with van der Waals surface area (Å²) in [5.41, 5.74) is 23.8. The first-order chi connectivity index (χ1) is 54.5. The van der Waals surface area contributed by atoms with Gasteiger partial charge in [0.2, 0.25) is 0 Å². The van der Waals surface area contributed by atoms with Crippen molar-refractivity contribution in [1.82, 2.24) is 29.1 Å². The minimum absolute atomic E-state index is 0.923. The highest BCUT2D eigenvalue weighted by Gasteiger charge is 2.23. The lowest BCUT2D eigenvalue weighted by Gasteiger charge is -2.17. The first kappa shape index (κ1) is 63.7. The SMILES string of the molecule is c1ccc(-c2nc3cc(-c4cc5c(-c6ccc7ccccc7c6)cc(-c6ccc7ccccc7c6)nc5c5ccccc45)ccc3n2-c2ccccc2)cc1.c1ccc(-c2nc3ccccc3n2-c2ccc(-c3cc4c(-c5ccc6ccccc6c5)cc(-c5ccc6ccccc6c5)nc4c4ccccc34)cc2)cc1. The molecule has 0 spiro atoms. The molecule has 0 aliphatic heterocycles. The Hall–Kier alpha value is -14.7. The van der Waals surface area contributed by atoms with E-state index in [1.807, 2.05) is 18.2 Å². The summed E-state index contributed by atoms with van der Waals surface area (Å²) in [5.74, 6) is 1.85. The third-order valence-corrected chi connectivity index (χ3v) is 21.9. The summed E-state index contributed by atoms with van der Waals surface area (Å²) in [5, 5.41) is 16.6. The number of benzene rings is 18. The van der Waals surface area contributed by atoms with E-state index in [0.29, 0.717) is 0 Å². The molecule has 0 atom stereocenters. The fourth-order valence-electron chi connectivity index (χ4n) is 16.5. The molecule has 0 N–H and O–H groups in total. The fraction of sp³-hybridized carbons (Fsp3) is 0. The smallest absolute Gasteiger partial charge is 0.145 e. The molecular formula is C104H66N6. The molecule has 0 aliphatic rings. The largest absolute Gasteiger partial charge is 0.292 e. The molecule has 4 aromatic heterocycles. The van der Waals surface area contributed by atoms with Crippen molar-refractivity contribution in [2.75, 3.05) is 0 Å². The van der Waals surface area contributed by atoms with Gasteiger partial charge in [-0.1, -0.05) is 303 Å². The Bertz CT molecular complexity index is 7390. The number of para-hydroxylation sites is 3. The Kier molecular flexibility index (Phi) is 15.5. The van der Waals surface area contributed by atoms with Crippen LogP contribution in [0.5, 0.6) is 0 Å². The maximum Gasteiger partial charge on any atom is 0.145 e. The van der Waals surface area contributed by atoms with Crippen LogP contribution in [-0.4, -0.2) is 29.1 Å². The minimum atomic E-state index is 0.923. The summed E-state index contributed by atoms with van der Waals surface area (Å²) in [6.07, 6.45) is 0. The number of hydrogen-bond acceptors (Lipinski definition) is 4. The van der Waals surface area contributed by atoms with Crippen molar-refractivity contribution < 1.29 is 0 Å². The molecule has 0 unspecified atom stereocenters. The second kappa shape index (κ2) is 26.7. The second-order valence-electron chi connectivity index (χ2n) is 28.4. The number of imidazole rings is 2. The van der Waals surface area contributed by atoms with Gasteiger partial charge in [0.15, 0.2) is 0 Å². The van der Waals surface area contributed by atoms with Crippen LogP contribution in [0.15, 0.2) is 400 Å². The fourth-order valence-corrected chi connectivity index (χ4v) is 16.5. The van der Waals surface area contributed by atoms with Crippen LogP contribution in [0.25, 0.3) is 210 Å². The quantitative estimate of drug-likeness (QED) is 0.128. The Morgan fingerprint density at radius 1 is 0.173 bits per heavy atom. The highest BCUT2D eigenvalue weighted by Crippen LogP contribution is 2.45. The predicted octanol–water partition coefficient (Wildman–Crippen LogP) is 27.4. The third kappa shape index (κ3) is 11.3. The molecule has 0 bridgehead atoms. The van der Waals surface area contributed by atoms with Gasteiger partial charge in [0.1, 0.15) is 11.6 Å². The molecule has 0 radical (unpaired) electrons. The van der Waals surface area contributed by atoms with Gasteiger partial charge in [-0.2, -0.15) is 0 Å². The minimum Gasteiger partial charge on any atom is -0.292 e. The molecular weight excluding hydrogens is 1330 g/mol. The normalized spacial score (nSPS) is 11.6. The molecule has 0 saturated carbocycles. The lowest BCUT2D eigenvalue weighted by molar-refractivity contribution is 1.10. The topological polar surface area (TPSA) is 61.4 Å². The number of aromatic nitrogens is 6. The number of pyridine rings is 2. The van der Waals surface area contributed by atoms with Crippen LogP contribution < -0.4 is 0 Å². The van der Waals surface area contributed by atoms with Gasteiger partial charge in [-0.05, 0) is 195 Å². The summed E-state index contributed by atoms with van der Waals surface area (Å²) >= 11 is 0. The molecule has 0 fully saturated rings. The van der Waals surface area contributed by atoms with Crippen LogP contribution in [0, 0.1) is 0 Å². The molecule has 18 aromatic carbocycles. The first-order valence-electron chi connectivity index (χ1n) is 37.5. The van der Waals surface area contributed by atoms with Crippen molar-refractivity contribution in [1.29, 1.82) is 0 Å². The van der Waals surface area contributed by atoms with Gasteiger partial charge in [0.25, 0.3) is 0 Å². The molecule has 6 nitrogen and oxygen atoms in total. The monoisotopic (exact) mass is 1400 g/mol. The van der Waals surface area contributed by atoms with E-state index in [1.165, 1.54) is 70.7 Å². The van der Waals surface area contributed by atoms with Crippen LogP contribution in [0.4, 0.5) is 0 Å². The molecule has 0 aliphatic carbocycles. The van der Waals surface area contributed by atoms with E-state index < -0.39 is 0 Å². The van der Waals surface area contributed by atoms with Crippen molar-refractivity contribution in [3.8, 4) is 101 Å². The number of hydrogen-bond donors (Lipinski definition) is 0. The Morgan fingerprint density at radius 3 is 0.982 bits per heavy atom. The van der Waals surface area contributed by atoms with E-state index in [1.54, 1.807) is 0 Å². The van der Waals surface area contributed by atoms with Gasteiger partial charge in [-0.15, -0.1) is 0 Å². The van der Waals surface area contributed by atoms with E-state index in [-0.39, 0.29) is 0 Å². The first-order valence-corrected chi connectivity index (χ1v) is 37.5. The van der Waals surface area contributed by atoms with Gasteiger partial charge in [-0.3, -0.25) is 9.13 Å². The van der Waals surface area contributed by atoms with Gasteiger partial charge < -0.3 is 0 Å². The lowest BCUT2D eigenvalue weighted by Crippen LogP contribution is -1.97. The van der Waals surface area contributed by atoms with E-state index in [4.69, 9.17) is 19.9 Å². The zero-order chi connectivity index (χ0) is 72.6. The van der Waals surface area contributed by atoms with Crippen molar-refractivity contribution in [3.63, 3.8) is 0 Å². The van der Waals surface area contributed by atoms with E-state index in [9.17, 15) is 0 Å². The summed E-state index contributed by atoms with van der Waals surface area (Å²) in [6.45, 7) is 0. The molecule has 110 heavy (non-hydrogen) atoms. The predicted molar refractivity (Wildman–Crippen MR) is 461 cm³/mol. The van der Waals surface area contributed by atoms with E-state index in [2.05, 4.69) is 391 Å². The van der Waals surface area contributed by atoms with Crippen molar-refractivity contribution >= 4 is 109 Å². The van der Waals surface area contributed by atoms with Gasteiger partial charge in [-0.25, -0.2) is 19.9 Å². The molecule has 22 aromatic rings. The average molecular weight is 1400 g/mol. The Balaban J connectivity index is 0.000000140. The van der Waals surface area contributed by atoms with Crippen LogP contribution in [0.2, 0.25) is 0 Å². The number of fused-ring (bicyclic) bond motifs is 12. The molecule has 6 heteroatoms.